The molecule has 1 heterocycles. The number of rotatable bonds is 7. The number of benzene rings is 2. The molecule has 0 bridgehead atoms. The van der Waals surface area contributed by atoms with Crippen LogP contribution in [0.5, 0.6) is 0 Å². The smallest absolute Gasteiger partial charge is 0.250 e. The Kier molecular flexibility index (Phi) is 6.63. The van der Waals surface area contributed by atoms with E-state index in [9.17, 15) is 18.0 Å². The fourth-order valence-electron chi connectivity index (χ4n) is 3.21. The Bertz CT molecular complexity index is 961. The Labute approximate surface area is 169 Å². The van der Waals surface area contributed by atoms with E-state index in [2.05, 4.69) is 10.6 Å². The van der Waals surface area contributed by atoms with Crippen LogP contribution in [0.3, 0.4) is 0 Å². The number of carbonyl (C=O) groups excluding carboxylic acids is 2. The molecule has 1 fully saturated rings. The molecule has 3 rings (SSSR count). The molecule has 0 saturated carbocycles. The molecule has 2 N–H and O–H groups in total. The summed E-state index contributed by atoms with van der Waals surface area (Å²) in [6, 6.07) is 13.9. The number of ether oxygens (including phenoxy) is 1. The predicted molar refractivity (Wildman–Crippen MR) is 109 cm³/mol. The summed E-state index contributed by atoms with van der Waals surface area (Å²) < 4.78 is 31.8. The molecule has 8 nitrogen and oxygen atoms in total. The van der Waals surface area contributed by atoms with E-state index in [-0.39, 0.29) is 23.3 Å². The molecule has 29 heavy (non-hydrogen) atoms. The Morgan fingerprint density at radius 2 is 1.66 bits per heavy atom. The van der Waals surface area contributed by atoms with Gasteiger partial charge in [-0.3, -0.25) is 9.59 Å². The summed E-state index contributed by atoms with van der Waals surface area (Å²) in [6.07, 6.45) is 1.08. The van der Waals surface area contributed by atoms with E-state index in [0.717, 1.165) is 0 Å². The van der Waals surface area contributed by atoms with Gasteiger partial charge in [-0.25, -0.2) is 8.42 Å². The minimum atomic E-state index is -3.74. The highest BCUT2D eigenvalue weighted by molar-refractivity contribution is 7.89. The minimum Gasteiger partial charge on any atom is -0.375 e. The molecule has 0 radical (unpaired) electrons. The highest BCUT2D eigenvalue weighted by Gasteiger charge is 2.39. The zero-order valence-electron chi connectivity index (χ0n) is 16.0. The van der Waals surface area contributed by atoms with Gasteiger partial charge in [-0.05, 0) is 49.2 Å². The van der Waals surface area contributed by atoms with Gasteiger partial charge < -0.3 is 15.4 Å². The van der Waals surface area contributed by atoms with E-state index >= 15 is 0 Å². The second kappa shape index (κ2) is 9.17. The summed E-state index contributed by atoms with van der Waals surface area (Å²) in [7, 11) is -2.30. The summed E-state index contributed by atoms with van der Waals surface area (Å²) in [5.74, 6) is -0.657. The zero-order chi connectivity index (χ0) is 20.9. The third-order valence-electron chi connectivity index (χ3n) is 4.57. The van der Waals surface area contributed by atoms with Gasteiger partial charge in [0.2, 0.25) is 21.8 Å². The molecule has 2 amide bonds. The molecular formula is C20H23N3O5S. The van der Waals surface area contributed by atoms with Crippen LogP contribution in [-0.4, -0.2) is 50.8 Å². The van der Waals surface area contributed by atoms with Crippen molar-refractivity contribution < 1.29 is 22.7 Å². The molecular weight excluding hydrogens is 394 g/mol. The van der Waals surface area contributed by atoms with E-state index in [0.29, 0.717) is 30.8 Å². The summed E-state index contributed by atoms with van der Waals surface area (Å²) >= 11 is 0. The van der Waals surface area contributed by atoms with Crippen molar-refractivity contribution in [3.63, 3.8) is 0 Å². The van der Waals surface area contributed by atoms with Crippen LogP contribution in [0.1, 0.15) is 12.8 Å². The van der Waals surface area contributed by atoms with E-state index in [1.54, 1.807) is 42.5 Å². The summed E-state index contributed by atoms with van der Waals surface area (Å²) in [5.41, 5.74) is 1.09. The lowest BCUT2D eigenvalue weighted by molar-refractivity contribution is -0.120. The number of hydrogen-bond acceptors (Lipinski definition) is 5. The van der Waals surface area contributed by atoms with Gasteiger partial charge in [0.25, 0.3) is 0 Å². The number of anilines is 2. The second-order valence-corrected chi connectivity index (χ2v) is 8.53. The van der Waals surface area contributed by atoms with Crippen LogP contribution in [0.4, 0.5) is 11.4 Å². The van der Waals surface area contributed by atoms with E-state index in [1.807, 2.05) is 0 Å². The van der Waals surface area contributed by atoms with Crippen LogP contribution in [0.15, 0.2) is 59.5 Å². The first kappa shape index (κ1) is 21.0. The maximum Gasteiger partial charge on any atom is 0.250 e. The van der Waals surface area contributed by atoms with Crippen molar-refractivity contribution in [3.8, 4) is 0 Å². The summed E-state index contributed by atoms with van der Waals surface area (Å²) in [4.78, 5) is 24.5. The van der Waals surface area contributed by atoms with Crippen molar-refractivity contribution in [1.82, 2.24) is 4.31 Å². The molecule has 1 aliphatic heterocycles. The van der Waals surface area contributed by atoms with Crippen LogP contribution in [0.25, 0.3) is 0 Å². The number of methoxy groups -OCH3 is 1. The van der Waals surface area contributed by atoms with Crippen LogP contribution >= 0.6 is 0 Å². The number of carbonyl (C=O) groups is 2. The monoisotopic (exact) mass is 417 g/mol. The van der Waals surface area contributed by atoms with Crippen LogP contribution in [0.2, 0.25) is 0 Å². The topological polar surface area (TPSA) is 105 Å². The van der Waals surface area contributed by atoms with E-state index in [1.165, 1.54) is 23.5 Å². The first-order valence-corrected chi connectivity index (χ1v) is 10.6. The van der Waals surface area contributed by atoms with E-state index < -0.39 is 16.1 Å². The van der Waals surface area contributed by atoms with Crippen molar-refractivity contribution in [1.29, 1.82) is 0 Å². The van der Waals surface area contributed by atoms with E-state index in [4.69, 9.17) is 4.74 Å². The Morgan fingerprint density at radius 3 is 2.28 bits per heavy atom. The lowest BCUT2D eigenvalue weighted by Gasteiger charge is -2.23. The molecule has 0 spiro atoms. The maximum atomic E-state index is 12.9. The molecule has 1 unspecified atom stereocenters. The largest absolute Gasteiger partial charge is 0.375 e. The van der Waals surface area contributed by atoms with Gasteiger partial charge in [0.05, 0.1) is 4.90 Å². The Balaban J connectivity index is 1.68. The van der Waals surface area contributed by atoms with Crippen LogP contribution in [-0.2, 0) is 24.3 Å². The lowest BCUT2D eigenvalue weighted by Crippen LogP contribution is -2.43. The average Bonchev–Trinajstić information content (AvgIpc) is 3.21. The first-order chi connectivity index (χ1) is 13.9. The standard InChI is InChI=1S/C20H23N3O5S/c1-28-14-19(24)21-15-9-11-16(12-10-15)22-20(25)18-8-5-13-23(18)29(26,27)17-6-3-2-4-7-17/h2-4,6-7,9-12,18H,5,8,13-14H2,1H3,(H,21,24)(H,22,25). The first-order valence-electron chi connectivity index (χ1n) is 9.18. The third-order valence-corrected chi connectivity index (χ3v) is 6.49. The zero-order valence-corrected chi connectivity index (χ0v) is 16.8. The molecule has 1 atom stereocenters. The SMILES string of the molecule is COCC(=O)Nc1ccc(NC(=O)C2CCCN2S(=O)(=O)c2ccccc2)cc1. The number of sulfonamides is 1. The van der Waals surface area contributed by atoms with Crippen LogP contribution < -0.4 is 10.6 Å². The van der Waals surface area contributed by atoms with Gasteiger partial charge in [-0.2, -0.15) is 4.31 Å². The van der Waals surface area contributed by atoms with Crippen molar-refractivity contribution in [2.45, 2.75) is 23.8 Å². The summed E-state index contributed by atoms with van der Waals surface area (Å²) in [5, 5.41) is 5.42. The molecule has 2 aromatic carbocycles. The lowest BCUT2D eigenvalue weighted by atomic mass is 10.2. The second-order valence-electron chi connectivity index (χ2n) is 6.63. The van der Waals surface area contributed by atoms with Gasteiger partial charge in [0.15, 0.2) is 0 Å². The van der Waals surface area contributed by atoms with Crippen LogP contribution in [0, 0.1) is 0 Å². The maximum absolute atomic E-state index is 12.9. The number of hydrogen-bond donors (Lipinski definition) is 2. The molecule has 0 aromatic heterocycles. The summed E-state index contributed by atoms with van der Waals surface area (Å²) in [6.45, 7) is 0.256. The fourth-order valence-corrected chi connectivity index (χ4v) is 4.89. The normalized spacial score (nSPS) is 17.1. The minimum absolute atomic E-state index is 0.0497. The van der Waals surface area contributed by atoms with Gasteiger partial charge in [-0.15, -0.1) is 0 Å². The van der Waals surface area contributed by atoms with Crippen molar-refractivity contribution in [2.75, 3.05) is 30.9 Å². The number of nitrogens with one attached hydrogen (secondary N) is 2. The third kappa shape index (κ3) is 5.00. The highest BCUT2D eigenvalue weighted by Crippen LogP contribution is 2.27. The highest BCUT2D eigenvalue weighted by atomic mass is 32.2. The van der Waals surface area contributed by atoms with Gasteiger partial charge in [0, 0.05) is 25.0 Å². The molecule has 154 valence electrons. The molecule has 1 aliphatic rings. The Morgan fingerprint density at radius 1 is 1.03 bits per heavy atom. The van der Waals surface area contributed by atoms with Gasteiger partial charge >= 0.3 is 0 Å². The predicted octanol–water partition coefficient (Wildman–Crippen LogP) is 2.06. The Hall–Kier alpha value is -2.75. The fraction of sp³-hybridized carbons (Fsp3) is 0.300. The molecule has 9 heteroatoms. The van der Waals surface area contributed by atoms with Crippen molar-refractivity contribution >= 4 is 33.2 Å². The molecule has 0 aliphatic carbocycles. The average molecular weight is 417 g/mol. The number of nitrogens with zero attached hydrogens (tertiary/aromatic N) is 1. The van der Waals surface area contributed by atoms with Gasteiger partial charge in [-0.1, -0.05) is 18.2 Å². The number of amides is 2. The molecule has 2 aromatic rings. The van der Waals surface area contributed by atoms with Crippen molar-refractivity contribution in [2.24, 2.45) is 0 Å². The quantitative estimate of drug-likeness (QED) is 0.718. The van der Waals surface area contributed by atoms with Gasteiger partial charge in [0.1, 0.15) is 12.6 Å². The molecule has 1 saturated heterocycles. The van der Waals surface area contributed by atoms with Crippen molar-refractivity contribution in [3.05, 3.63) is 54.6 Å².